The number of rotatable bonds is 2. The van der Waals surface area contributed by atoms with Crippen LogP contribution in [0.15, 0.2) is 29.3 Å². The molecular formula is C9H6N2O4. The number of nitro benzene ring substituents is 1. The number of carbonyl (C=O) groups excluding carboxylic acids is 1. The van der Waals surface area contributed by atoms with E-state index in [0.29, 0.717) is 5.56 Å². The molecule has 0 spiro atoms. The average molecular weight is 206 g/mol. The molecule has 1 aromatic carbocycles. The minimum absolute atomic E-state index is 0.0105. The lowest BCUT2D eigenvalue weighted by Gasteiger charge is -1.99. The van der Waals surface area contributed by atoms with Crippen molar-refractivity contribution >= 4 is 17.5 Å². The minimum Gasteiger partial charge on any atom is -0.467 e. The molecule has 0 aromatic heterocycles. The Hall–Kier alpha value is -2.24. The molecule has 15 heavy (non-hydrogen) atoms. The second-order valence-corrected chi connectivity index (χ2v) is 2.90. The van der Waals surface area contributed by atoms with E-state index < -0.39 is 4.92 Å². The molecule has 1 amide bonds. The lowest BCUT2D eigenvalue weighted by molar-refractivity contribution is -0.384. The normalized spacial score (nSPS) is 14.7. The van der Waals surface area contributed by atoms with Crippen LogP contribution in [-0.4, -0.2) is 23.3 Å². The predicted molar refractivity (Wildman–Crippen MR) is 50.6 cm³/mol. The highest BCUT2D eigenvalue weighted by Gasteiger charge is 2.17. The molecule has 0 N–H and O–H groups in total. The fourth-order valence-corrected chi connectivity index (χ4v) is 1.18. The second-order valence-electron chi connectivity index (χ2n) is 2.90. The third-order valence-electron chi connectivity index (χ3n) is 1.88. The maximum Gasteiger partial charge on any atom is 0.286 e. The molecule has 0 radical (unpaired) electrons. The zero-order valence-electron chi connectivity index (χ0n) is 7.54. The number of aliphatic imine (C=N–C) groups is 1. The smallest absolute Gasteiger partial charge is 0.286 e. The molecule has 76 valence electrons. The summed E-state index contributed by atoms with van der Waals surface area (Å²) in [5.74, 6) is -0.127. The van der Waals surface area contributed by atoms with Crippen molar-refractivity contribution in [3.63, 3.8) is 0 Å². The number of amides is 1. The van der Waals surface area contributed by atoms with E-state index in [9.17, 15) is 14.9 Å². The van der Waals surface area contributed by atoms with Gasteiger partial charge in [0.2, 0.25) is 5.90 Å². The first-order chi connectivity index (χ1) is 7.16. The van der Waals surface area contributed by atoms with Crippen LogP contribution in [-0.2, 0) is 9.53 Å². The first kappa shape index (κ1) is 9.32. The van der Waals surface area contributed by atoms with Gasteiger partial charge in [0.25, 0.3) is 11.6 Å². The Morgan fingerprint density at radius 3 is 2.47 bits per heavy atom. The first-order valence-electron chi connectivity index (χ1n) is 4.16. The van der Waals surface area contributed by atoms with Crippen LogP contribution in [0.5, 0.6) is 0 Å². The van der Waals surface area contributed by atoms with Gasteiger partial charge in [-0.1, -0.05) is 0 Å². The summed E-state index contributed by atoms with van der Waals surface area (Å²) in [6, 6.07) is 5.67. The van der Waals surface area contributed by atoms with Crippen LogP contribution < -0.4 is 0 Å². The summed E-state index contributed by atoms with van der Waals surface area (Å²) in [5.41, 5.74) is 0.551. The van der Waals surface area contributed by atoms with Gasteiger partial charge in [0.15, 0.2) is 6.61 Å². The van der Waals surface area contributed by atoms with Crippen molar-refractivity contribution in [1.82, 2.24) is 0 Å². The van der Waals surface area contributed by atoms with Crippen LogP contribution in [0.3, 0.4) is 0 Å². The molecule has 0 aliphatic carbocycles. The Kier molecular flexibility index (Phi) is 2.17. The standard InChI is InChI=1S/C9H6N2O4/c12-8-5-15-9(10-8)6-1-3-7(4-2-6)11(13)14/h1-4H,5H2. The van der Waals surface area contributed by atoms with Crippen LogP contribution in [0.1, 0.15) is 5.56 Å². The van der Waals surface area contributed by atoms with E-state index in [1.807, 2.05) is 0 Å². The van der Waals surface area contributed by atoms with Gasteiger partial charge in [-0.15, -0.1) is 0 Å². The number of hydrogen-bond acceptors (Lipinski definition) is 4. The fourth-order valence-electron chi connectivity index (χ4n) is 1.18. The van der Waals surface area contributed by atoms with Crippen molar-refractivity contribution in [2.24, 2.45) is 4.99 Å². The zero-order valence-corrected chi connectivity index (χ0v) is 7.54. The fraction of sp³-hybridized carbons (Fsp3) is 0.111. The Morgan fingerprint density at radius 2 is 2.00 bits per heavy atom. The van der Waals surface area contributed by atoms with Crippen molar-refractivity contribution in [3.05, 3.63) is 39.9 Å². The van der Waals surface area contributed by atoms with E-state index in [4.69, 9.17) is 4.74 Å². The molecule has 0 saturated carbocycles. The number of carbonyl (C=O) groups is 1. The summed E-state index contributed by atoms with van der Waals surface area (Å²) in [6.45, 7) is -0.0632. The molecule has 1 aliphatic heterocycles. The maximum atomic E-state index is 10.8. The van der Waals surface area contributed by atoms with Crippen molar-refractivity contribution < 1.29 is 14.5 Å². The van der Waals surface area contributed by atoms with Crippen LogP contribution in [0.25, 0.3) is 0 Å². The highest BCUT2D eigenvalue weighted by atomic mass is 16.6. The van der Waals surface area contributed by atoms with Crippen LogP contribution in [0.2, 0.25) is 0 Å². The molecule has 1 aliphatic rings. The van der Waals surface area contributed by atoms with Gasteiger partial charge in [-0.25, -0.2) is 0 Å². The predicted octanol–water partition coefficient (Wildman–Crippen LogP) is 0.898. The van der Waals surface area contributed by atoms with Crippen molar-refractivity contribution in [3.8, 4) is 0 Å². The van der Waals surface area contributed by atoms with Crippen molar-refractivity contribution in [2.75, 3.05) is 6.61 Å². The molecular weight excluding hydrogens is 200 g/mol. The molecule has 1 heterocycles. The summed E-state index contributed by atoms with van der Waals surface area (Å²) < 4.78 is 4.98. The molecule has 0 bridgehead atoms. The Morgan fingerprint density at radius 1 is 1.33 bits per heavy atom. The Bertz CT molecular complexity index is 450. The molecule has 0 saturated heterocycles. The van der Waals surface area contributed by atoms with Crippen molar-refractivity contribution in [2.45, 2.75) is 0 Å². The molecule has 2 rings (SSSR count). The molecule has 0 unspecified atom stereocenters. The lowest BCUT2D eigenvalue weighted by Crippen LogP contribution is -2.01. The van der Waals surface area contributed by atoms with E-state index in [2.05, 4.69) is 4.99 Å². The van der Waals surface area contributed by atoms with Crippen LogP contribution >= 0.6 is 0 Å². The van der Waals surface area contributed by atoms with Crippen molar-refractivity contribution in [1.29, 1.82) is 0 Å². The number of nitrogens with zero attached hydrogens (tertiary/aromatic N) is 2. The summed E-state index contributed by atoms with van der Waals surface area (Å²) in [6.07, 6.45) is 0. The number of non-ortho nitro benzene ring substituents is 1. The summed E-state index contributed by atoms with van der Waals surface area (Å²) in [4.78, 5) is 24.3. The zero-order chi connectivity index (χ0) is 10.8. The van der Waals surface area contributed by atoms with Crippen LogP contribution in [0.4, 0.5) is 5.69 Å². The van der Waals surface area contributed by atoms with Gasteiger partial charge in [0, 0.05) is 17.7 Å². The number of benzene rings is 1. The summed E-state index contributed by atoms with van der Waals surface area (Å²) >= 11 is 0. The van der Waals surface area contributed by atoms with Gasteiger partial charge < -0.3 is 4.74 Å². The van der Waals surface area contributed by atoms with Gasteiger partial charge >= 0.3 is 0 Å². The number of hydrogen-bond donors (Lipinski definition) is 0. The molecule has 6 heteroatoms. The highest BCUT2D eigenvalue weighted by Crippen LogP contribution is 2.14. The van der Waals surface area contributed by atoms with E-state index in [0.717, 1.165) is 0 Å². The van der Waals surface area contributed by atoms with Gasteiger partial charge in [-0.2, -0.15) is 4.99 Å². The molecule has 0 atom stereocenters. The topological polar surface area (TPSA) is 81.8 Å². The van der Waals surface area contributed by atoms with E-state index in [1.54, 1.807) is 0 Å². The number of nitro groups is 1. The maximum absolute atomic E-state index is 10.8. The average Bonchev–Trinajstić information content (AvgIpc) is 2.65. The van der Waals surface area contributed by atoms with Gasteiger partial charge in [-0.05, 0) is 12.1 Å². The monoisotopic (exact) mass is 206 g/mol. The van der Waals surface area contributed by atoms with E-state index in [-0.39, 0.29) is 24.1 Å². The second kappa shape index (κ2) is 3.49. The number of ether oxygens (including phenoxy) is 1. The van der Waals surface area contributed by atoms with E-state index >= 15 is 0 Å². The largest absolute Gasteiger partial charge is 0.467 e. The molecule has 1 aromatic rings. The third kappa shape index (κ3) is 1.83. The molecule has 6 nitrogen and oxygen atoms in total. The quantitative estimate of drug-likeness (QED) is 0.531. The Labute approximate surface area is 84.3 Å². The summed E-state index contributed by atoms with van der Waals surface area (Å²) in [7, 11) is 0. The van der Waals surface area contributed by atoms with Gasteiger partial charge in [0.05, 0.1) is 4.92 Å². The minimum atomic E-state index is -0.494. The van der Waals surface area contributed by atoms with Gasteiger partial charge in [-0.3, -0.25) is 14.9 Å². The highest BCUT2D eigenvalue weighted by molar-refractivity contribution is 6.06. The van der Waals surface area contributed by atoms with E-state index in [1.165, 1.54) is 24.3 Å². The molecule has 0 fully saturated rings. The lowest BCUT2D eigenvalue weighted by atomic mass is 10.2. The van der Waals surface area contributed by atoms with Gasteiger partial charge in [0.1, 0.15) is 0 Å². The third-order valence-corrected chi connectivity index (χ3v) is 1.88. The first-order valence-corrected chi connectivity index (χ1v) is 4.16. The van der Waals surface area contributed by atoms with Crippen LogP contribution in [0, 0.1) is 10.1 Å². The summed E-state index contributed by atoms with van der Waals surface area (Å²) in [5, 5.41) is 10.4. The SMILES string of the molecule is O=C1COC(c2ccc([N+](=O)[O-])cc2)=N1. The Balaban J connectivity index is 2.28.